The standard InChI is InChI=1S/C17H20N8O2/c1-11-18-15(22-27-11)13-6-4-8-25(10-13)17(26)19-14-7-3-5-12(9-14)16-20-23-24(2)21-16/h3,5,7,9,13H,4,6,8,10H2,1-2H3,(H,19,26)/t13-/m0/s1. The SMILES string of the molecule is Cc1nc([C@H]2CCCN(C(=O)Nc3cccc(-c4nnn(C)n4)c3)C2)no1. The zero-order valence-corrected chi connectivity index (χ0v) is 15.2. The van der Waals surface area contributed by atoms with Crippen molar-refractivity contribution in [1.82, 2.24) is 35.2 Å². The third kappa shape index (κ3) is 3.78. The number of aryl methyl sites for hydroxylation is 2. The van der Waals surface area contributed by atoms with E-state index in [2.05, 4.69) is 30.9 Å². The average Bonchev–Trinajstić information content (AvgIpc) is 3.30. The number of carbonyl (C=O) groups excluding carboxylic acids is 1. The first kappa shape index (κ1) is 17.1. The van der Waals surface area contributed by atoms with Crippen LogP contribution < -0.4 is 5.32 Å². The van der Waals surface area contributed by atoms with Crippen LogP contribution in [0.15, 0.2) is 28.8 Å². The number of urea groups is 1. The van der Waals surface area contributed by atoms with Crippen LogP contribution in [0.3, 0.4) is 0 Å². The molecule has 0 radical (unpaired) electrons. The molecule has 1 saturated heterocycles. The fourth-order valence-corrected chi connectivity index (χ4v) is 3.19. The molecule has 0 spiro atoms. The summed E-state index contributed by atoms with van der Waals surface area (Å²) in [6.45, 7) is 3.03. The number of anilines is 1. The van der Waals surface area contributed by atoms with Gasteiger partial charge in [-0.1, -0.05) is 17.3 Å². The molecule has 0 unspecified atom stereocenters. The summed E-state index contributed by atoms with van der Waals surface area (Å²) in [5.41, 5.74) is 1.47. The number of nitrogens with one attached hydrogen (secondary N) is 1. The number of benzene rings is 1. The minimum atomic E-state index is -0.149. The van der Waals surface area contributed by atoms with Gasteiger partial charge in [0.1, 0.15) is 0 Å². The first-order valence-electron chi connectivity index (χ1n) is 8.79. The molecule has 1 N–H and O–H groups in total. The molecule has 1 fully saturated rings. The number of rotatable bonds is 3. The molecular weight excluding hydrogens is 348 g/mol. The summed E-state index contributed by atoms with van der Waals surface area (Å²) in [7, 11) is 1.71. The fraction of sp³-hybridized carbons (Fsp3) is 0.412. The maximum absolute atomic E-state index is 12.7. The van der Waals surface area contributed by atoms with E-state index < -0.39 is 0 Å². The summed E-state index contributed by atoms with van der Waals surface area (Å²) < 4.78 is 5.07. The smallest absolute Gasteiger partial charge is 0.321 e. The minimum absolute atomic E-state index is 0.0945. The Kier molecular flexibility index (Phi) is 4.53. The Morgan fingerprint density at radius 1 is 1.37 bits per heavy atom. The van der Waals surface area contributed by atoms with Crippen molar-refractivity contribution in [3.63, 3.8) is 0 Å². The highest BCUT2D eigenvalue weighted by Crippen LogP contribution is 2.26. The number of piperidine rings is 1. The van der Waals surface area contributed by atoms with Crippen molar-refractivity contribution in [3.8, 4) is 11.4 Å². The van der Waals surface area contributed by atoms with E-state index in [-0.39, 0.29) is 11.9 Å². The number of amides is 2. The zero-order valence-electron chi connectivity index (χ0n) is 15.2. The van der Waals surface area contributed by atoms with Gasteiger partial charge in [0.2, 0.25) is 11.7 Å². The van der Waals surface area contributed by atoms with E-state index in [9.17, 15) is 4.79 Å². The first-order valence-corrected chi connectivity index (χ1v) is 8.79. The maximum atomic E-state index is 12.7. The van der Waals surface area contributed by atoms with Crippen LogP contribution in [0.5, 0.6) is 0 Å². The number of carbonyl (C=O) groups is 1. The van der Waals surface area contributed by atoms with Gasteiger partial charge in [0.15, 0.2) is 5.82 Å². The van der Waals surface area contributed by atoms with Crippen molar-refractivity contribution >= 4 is 11.7 Å². The normalized spacial score (nSPS) is 17.1. The molecule has 0 aliphatic carbocycles. The lowest BCUT2D eigenvalue weighted by Gasteiger charge is -2.31. The summed E-state index contributed by atoms with van der Waals surface area (Å²) in [4.78, 5) is 20.2. The van der Waals surface area contributed by atoms with Gasteiger partial charge in [-0.15, -0.1) is 10.2 Å². The molecule has 4 rings (SSSR count). The predicted molar refractivity (Wildman–Crippen MR) is 95.8 cm³/mol. The molecule has 3 heterocycles. The molecule has 0 bridgehead atoms. The monoisotopic (exact) mass is 368 g/mol. The molecule has 2 aromatic heterocycles. The van der Waals surface area contributed by atoms with E-state index in [4.69, 9.17) is 4.52 Å². The van der Waals surface area contributed by atoms with Gasteiger partial charge < -0.3 is 14.7 Å². The van der Waals surface area contributed by atoms with E-state index >= 15 is 0 Å². The summed E-state index contributed by atoms with van der Waals surface area (Å²) in [6, 6.07) is 7.25. The minimum Gasteiger partial charge on any atom is -0.340 e. The predicted octanol–water partition coefficient (Wildman–Crippen LogP) is 1.98. The van der Waals surface area contributed by atoms with Crippen LogP contribution in [-0.4, -0.2) is 54.4 Å². The van der Waals surface area contributed by atoms with Gasteiger partial charge in [-0.3, -0.25) is 0 Å². The van der Waals surface area contributed by atoms with Crippen LogP contribution in [0.1, 0.15) is 30.5 Å². The van der Waals surface area contributed by atoms with Crippen LogP contribution >= 0.6 is 0 Å². The van der Waals surface area contributed by atoms with Crippen LogP contribution in [0.2, 0.25) is 0 Å². The van der Waals surface area contributed by atoms with Gasteiger partial charge in [0, 0.05) is 37.2 Å². The lowest BCUT2D eigenvalue weighted by atomic mass is 9.98. The third-order valence-corrected chi connectivity index (χ3v) is 4.50. The van der Waals surface area contributed by atoms with Crippen LogP contribution in [0, 0.1) is 6.92 Å². The molecule has 0 saturated carbocycles. The van der Waals surface area contributed by atoms with E-state index in [1.165, 1.54) is 4.80 Å². The maximum Gasteiger partial charge on any atom is 0.321 e. The summed E-state index contributed by atoms with van der Waals surface area (Å²) in [5.74, 6) is 1.82. The highest BCUT2D eigenvalue weighted by molar-refractivity contribution is 5.90. The van der Waals surface area contributed by atoms with Crippen molar-refractivity contribution < 1.29 is 9.32 Å². The number of hydrogen-bond donors (Lipinski definition) is 1. The Hall–Kier alpha value is -3.30. The second kappa shape index (κ2) is 7.14. The summed E-state index contributed by atoms with van der Waals surface area (Å²) in [6.07, 6.45) is 1.84. The molecule has 1 aliphatic rings. The van der Waals surface area contributed by atoms with Crippen LogP contribution in [-0.2, 0) is 7.05 Å². The zero-order chi connectivity index (χ0) is 18.8. The second-order valence-electron chi connectivity index (χ2n) is 6.57. The number of aromatic nitrogens is 6. The molecule has 10 nitrogen and oxygen atoms in total. The number of likely N-dealkylation sites (tertiary alicyclic amines) is 1. The fourth-order valence-electron chi connectivity index (χ4n) is 3.19. The Morgan fingerprint density at radius 3 is 3.00 bits per heavy atom. The molecule has 10 heteroatoms. The van der Waals surface area contributed by atoms with Crippen molar-refractivity contribution in [2.45, 2.75) is 25.7 Å². The van der Waals surface area contributed by atoms with Crippen molar-refractivity contribution in [3.05, 3.63) is 36.0 Å². The number of nitrogens with zero attached hydrogens (tertiary/aromatic N) is 7. The van der Waals surface area contributed by atoms with Crippen LogP contribution in [0.25, 0.3) is 11.4 Å². The highest BCUT2D eigenvalue weighted by Gasteiger charge is 2.27. The molecule has 140 valence electrons. The Bertz CT molecular complexity index is 950. The molecular formula is C17H20N8O2. The van der Waals surface area contributed by atoms with E-state index in [1.807, 2.05) is 24.3 Å². The quantitative estimate of drug-likeness (QED) is 0.751. The Balaban J connectivity index is 1.44. The third-order valence-electron chi connectivity index (χ3n) is 4.50. The van der Waals surface area contributed by atoms with Crippen molar-refractivity contribution in [1.29, 1.82) is 0 Å². The molecule has 27 heavy (non-hydrogen) atoms. The number of hydrogen-bond acceptors (Lipinski definition) is 7. The second-order valence-corrected chi connectivity index (χ2v) is 6.57. The van der Waals surface area contributed by atoms with Gasteiger partial charge in [0.05, 0.1) is 7.05 Å². The van der Waals surface area contributed by atoms with Gasteiger partial charge in [-0.2, -0.15) is 9.78 Å². The van der Waals surface area contributed by atoms with Crippen molar-refractivity contribution in [2.24, 2.45) is 7.05 Å². The summed E-state index contributed by atoms with van der Waals surface area (Å²) in [5, 5.41) is 19.0. The summed E-state index contributed by atoms with van der Waals surface area (Å²) >= 11 is 0. The highest BCUT2D eigenvalue weighted by atomic mass is 16.5. The van der Waals surface area contributed by atoms with Gasteiger partial charge in [-0.05, 0) is 30.2 Å². The Labute approximate surface area is 155 Å². The van der Waals surface area contributed by atoms with Crippen molar-refractivity contribution in [2.75, 3.05) is 18.4 Å². The molecule has 2 amide bonds. The van der Waals surface area contributed by atoms with Gasteiger partial charge in [-0.25, -0.2) is 4.79 Å². The largest absolute Gasteiger partial charge is 0.340 e. The molecule has 3 aromatic rings. The number of tetrazole rings is 1. The van der Waals surface area contributed by atoms with E-state index in [0.29, 0.717) is 36.3 Å². The topological polar surface area (TPSA) is 115 Å². The lowest BCUT2D eigenvalue weighted by molar-refractivity contribution is 0.190. The first-order chi connectivity index (χ1) is 13.1. The molecule has 1 atom stereocenters. The molecule has 1 aromatic carbocycles. The van der Waals surface area contributed by atoms with E-state index in [1.54, 1.807) is 18.9 Å². The Morgan fingerprint density at radius 2 is 2.26 bits per heavy atom. The average molecular weight is 368 g/mol. The van der Waals surface area contributed by atoms with Gasteiger partial charge >= 0.3 is 6.03 Å². The van der Waals surface area contributed by atoms with Gasteiger partial charge in [0.25, 0.3) is 0 Å². The van der Waals surface area contributed by atoms with Crippen LogP contribution in [0.4, 0.5) is 10.5 Å². The van der Waals surface area contributed by atoms with E-state index in [0.717, 1.165) is 18.4 Å². The lowest BCUT2D eigenvalue weighted by Crippen LogP contribution is -2.41. The molecule has 1 aliphatic heterocycles.